The third-order valence-corrected chi connectivity index (χ3v) is 3.23. The molecule has 0 bridgehead atoms. The zero-order valence-electron chi connectivity index (χ0n) is 9.69. The smallest absolute Gasteiger partial charge is 0.133 e. The Kier molecular flexibility index (Phi) is 3.93. The summed E-state index contributed by atoms with van der Waals surface area (Å²) in [6.45, 7) is 4.77. The van der Waals surface area contributed by atoms with Crippen LogP contribution in [0.25, 0.3) is 0 Å². The Hall–Kier alpha value is -0.810. The van der Waals surface area contributed by atoms with Gasteiger partial charge in [0.15, 0.2) is 0 Å². The molecule has 0 fully saturated rings. The first-order valence-electron chi connectivity index (χ1n) is 4.81. The van der Waals surface area contributed by atoms with Crippen LogP contribution in [-0.2, 0) is 0 Å². The van der Waals surface area contributed by atoms with Gasteiger partial charge >= 0.3 is 0 Å². The molecule has 0 radical (unpaired) electrons. The van der Waals surface area contributed by atoms with Crippen LogP contribution in [0.15, 0.2) is 17.4 Å². The van der Waals surface area contributed by atoms with E-state index in [9.17, 15) is 0 Å². The second-order valence-corrected chi connectivity index (χ2v) is 4.82. The number of thioether (sulfide) groups is 1. The molecule has 0 spiro atoms. The Balaban J connectivity index is 2.95. The lowest BCUT2D eigenvalue weighted by molar-refractivity contribution is 0.494. The Bertz CT molecular complexity index is 327. The molecule has 0 aliphatic carbocycles. The van der Waals surface area contributed by atoms with Crippen LogP contribution in [0.4, 0.5) is 5.82 Å². The third kappa shape index (κ3) is 2.82. The van der Waals surface area contributed by atoms with Crippen molar-refractivity contribution in [2.24, 2.45) is 5.73 Å². The summed E-state index contributed by atoms with van der Waals surface area (Å²) in [5, 5.41) is 0.972. The predicted molar refractivity (Wildman–Crippen MR) is 65.3 cm³/mol. The van der Waals surface area contributed by atoms with E-state index in [1.165, 1.54) is 0 Å². The summed E-state index contributed by atoms with van der Waals surface area (Å²) in [6.07, 6.45) is 3.59. The number of hydrogen-bond donors (Lipinski definition) is 1. The number of aromatic nitrogens is 2. The second-order valence-electron chi connectivity index (χ2n) is 3.99. The van der Waals surface area contributed by atoms with Gasteiger partial charge in [-0.25, -0.2) is 9.97 Å². The van der Waals surface area contributed by atoms with Crippen molar-refractivity contribution in [3.8, 4) is 0 Å². The summed E-state index contributed by atoms with van der Waals surface area (Å²) in [5.74, 6) is 0.907. The van der Waals surface area contributed by atoms with Crippen molar-refractivity contribution in [1.29, 1.82) is 0 Å². The number of hydrogen-bond acceptors (Lipinski definition) is 5. The maximum Gasteiger partial charge on any atom is 0.133 e. The number of anilines is 1. The molecular formula is C10H18N4S. The highest BCUT2D eigenvalue weighted by molar-refractivity contribution is 7.98. The Morgan fingerprint density at radius 3 is 2.67 bits per heavy atom. The van der Waals surface area contributed by atoms with Gasteiger partial charge in [-0.3, -0.25) is 0 Å². The molecule has 84 valence electrons. The molecule has 0 saturated heterocycles. The van der Waals surface area contributed by atoms with Gasteiger partial charge in [-0.2, -0.15) is 0 Å². The molecule has 4 nitrogen and oxygen atoms in total. The van der Waals surface area contributed by atoms with Crippen molar-refractivity contribution < 1.29 is 0 Å². The van der Waals surface area contributed by atoms with E-state index in [2.05, 4.69) is 28.7 Å². The molecule has 2 N–H and O–H groups in total. The van der Waals surface area contributed by atoms with E-state index in [1.807, 2.05) is 19.4 Å². The predicted octanol–water partition coefficient (Wildman–Crippen LogP) is 1.37. The Morgan fingerprint density at radius 1 is 1.47 bits per heavy atom. The molecular weight excluding hydrogens is 208 g/mol. The fraction of sp³-hybridized carbons (Fsp3) is 0.600. The summed E-state index contributed by atoms with van der Waals surface area (Å²) >= 11 is 1.61. The molecule has 0 aliphatic rings. The molecule has 5 heteroatoms. The van der Waals surface area contributed by atoms with Gasteiger partial charge in [0.2, 0.25) is 0 Å². The molecule has 0 unspecified atom stereocenters. The van der Waals surface area contributed by atoms with Crippen LogP contribution >= 0.6 is 11.8 Å². The lowest BCUT2D eigenvalue weighted by Gasteiger charge is -2.35. The number of rotatable bonds is 4. The van der Waals surface area contributed by atoms with E-state index in [1.54, 1.807) is 18.1 Å². The summed E-state index contributed by atoms with van der Waals surface area (Å²) in [6, 6.07) is 1.97. The first kappa shape index (κ1) is 12.3. The standard InChI is InChI=1S/C10H18N4S/c1-10(2,6-11)14(3)8-5-9(15-4)13-7-12-8/h5,7H,6,11H2,1-4H3. The highest BCUT2D eigenvalue weighted by Crippen LogP contribution is 2.21. The van der Waals surface area contributed by atoms with E-state index in [0.29, 0.717) is 6.54 Å². The molecule has 0 aromatic carbocycles. The molecule has 1 aromatic heterocycles. The molecule has 15 heavy (non-hydrogen) atoms. The summed E-state index contributed by atoms with van der Waals surface area (Å²) in [7, 11) is 2.00. The summed E-state index contributed by atoms with van der Waals surface area (Å²) in [4.78, 5) is 10.5. The van der Waals surface area contributed by atoms with Crippen molar-refractivity contribution >= 4 is 17.6 Å². The average molecular weight is 226 g/mol. The Morgan fingerprint density at radius 2 is 2.13 bits per heavy atom. The second kappa shape index (κ2) is 4.81. The summed E-state index contributed by atoms with van der Waals surface area (Å²) < 4.78 is 0. The van der Waals surface area contributed by atoms with Crippen molar-refractivity contribution in [3.63, 3.8) is 0 Å². The SMILES string of the molecule is CSc1cc(N(C)C(C)(C)CN)ncn1. The van der Waals surface area contributed by atoms with Gasteiger partial charge in [0, 0.05) is 25.2 Å². The van der Waals surface area contributed by atoms with Crippen LogP contribution in [0.5, 0.6) is 0 Å². The van der Waals surface area contributed by atoms with Gasteiger partial charge in [-0.05, 0) is 20.1 Å². The highest BCUT2D eigenvalue weighted by Gasteiger charge is 2.22. The highest BCUT2D eigenvalue weighted by atomic mass is 32.2. The molecule has 1 rings (SSSR count). The quantitative estimate of drug-likeness (QED) is 0.621. The van der Waals surface area contributed by atoms with Gasteiger partial charge in [0.05, 0.1) is 0 Å². The van der Waals surface area contributed by atoms with E-state index in [-0.39, 0.29) is 5.54 Å². The molecule has 0 amide bonds. The van der Waals surface area contributed by atoms with Gasteiger partial charge in [0.1, 0.15) is 17.2 Å². The molecule has 0 aliphatic heterocycles. The van der Waals surface area contributed by atoms with Gasteiger partial charge in [-0.1, -0.05) is 0 Å². The fourth-order valence-electron chi connectivity index (χ4n) is 1.07. The van der Waals surface area contributed by atoms with Crippen LogP contribution in [0.3, 0.4) is 0 Å². The first-order valence-corrected chi connectivity index (χ1v) is 6.03. The topological polar surface area (TPSA) is 55.0 Å². The monoisotopic (exact) mass is 226 g/mol. The van der Waals surface area contributed by atoms with Crippen molar-refractivity contribution in [3.05, 3.63) is 12.4 Å². The van der Waals surface area contributed by atoms with Crippen LogP contribution in [0.1, 0.15) is 13.8 Å². The van der Waals surface area contributed by atoms with E-state index in [4.69, 9.17) is 5.73 Å². The van der Waals surface area contributed by atoms with Gasteiger partial charge in [-0.15, -0.1) is 11.8 Å². The lowest BCUT2D eigenvalue weighted by Crippen LogP contribution is -2.47. The minimum Gasteiger partial charge on any atom is -0.353 e. The number of likely N-dealkylation sites (N-methyl/N-ethyl adjacent to an activating group) is 1. The van der Waals surface area contributed by atoms with Crippen molar-refractivity contribution in [1.82, 2.24) is 9.97 Å². The normalized spacial score (nSPS) is 11.5. The largest absolute Gasteiger partial charge is 0.353 e. The molecule has 0 saturated carbocycles. The van der Waals surface area contributed by atoms with Crippen LogP contribution in [0, 0.1) is 0 Å². The van der Waals surface area contributed by atoms with Crippen LogP contribution < -0.4 is 10.6 Å². The molecule has 1 aromatic rings. The van der Waals surface area contributed by atoms with Crippen molar-refractivity contribution in [2.75, 3.05) is 24.7 Å². The van der Waals surface area contributed by atoms with Crippen molar-refractivity contribution in [2.45, 2.75) is 24.4 Å². The maximum absolute atomic E-state index is 5.72. The van der Waals surface area contributed by atoms with E-state index in [0.717, 1.165) is 10.8 Å². The first-order chi connectivity index (χ1) is 7.01. The van der Waals surface area contributed by atoms with Gasteiger partial charge < -0.3 is 10.6 Å². The Labute approximate surface area is 95.3 Å². The zero-order chi connectivity index (χ0) is 11.5. The minimum atomic E-state index is -0.0932. The molecule has 0 atom stereocenters. The minimum absolute atomic E-state index is 0.0932. The van der Waals surface area contributed by atoms with Gasteiger partial charge in [0.25, 0.3) is 0 Å². The zero-order valence-corrected chi connectivity index (χ0v) is 10.5. The van der Waals surface area contributed by atoms with Crippen LogP contribution in [0.2, 0.25) is 0 Å². The van der Waals surface area contributed by atoms with Crippen LogP contribution in [-0.4, -0.2) is 35.4 Å². The maximum atomic E-state index is 5.72. The lowest BCUT2D eigenvalue weighted by atomic mass is 10.0. The third-order valence-electron chi connectivity index (χ3n) is 2.59. The number of nitrogens with zero attached hydrogens (tertiary/aromatic N) is 3. The van der Waals surface area contributed by atoms with E-state index < -0.39 is 0 Å². The molecule has 1 heterocycles. The average Bonchev–Trinajstić information content (AvgIpc) is 2.28. The summed E-state index contributed by atoms with van der Waals surface area (Å²) in [5.41, 5.74) is 5.63. The number of nitrogens with two attached hydrogens (primary N) is 1. The fourth-order valence-corrected chi connectivity index (χ4v) is 1.45. The van der Waals surface area contributed by atoms with E-state index >= 15 is 0 Å².